The molecule has 5 heteroatoms. The lowest BCUT2D eigenvalue weighted by molar-refractivity contribution is -0.132. The van der Waals surface area contributed by atoms with Gasteiger partial charge in [-0.2, -0.15) is 0 Å². The first-order valence-electron chi connectivity index (χ1n) is 7.99. The summed E-state index contributed by atoms with van der Waals surface area (Å²) in [5.41, 5.74) is 3.13. The van der Waals surface area contributed by atoms with Crippen molar-refractivity contribution in [2.45, 2.75) is 44.6 Å². The van der Waals surface area contributed by atoms with Crippen LogP contribution in [0.15, 0.2) is 18.2 Å². The molecule has 22 heavy (non-hydrogen) atoms. The SMILES string of the molecule is O=C1Cc2cc(CCCC(=O)N(CCO)C3CC3)ccc2N1. The fourth-order valence-electron chi connectivity index (χ4n) is 3.03. The van der Waals surface area contributed by atoms with E-state index in [0.29, 0.717) is 25.4 Å². The molecule has 1 aliphatic carbocycles. The van der Waals surface area contributed by atoms with E-state index in [1.807, 2.05) is 17.0 Å². The Balaban J connectivity index is 1.49. The van der Waals surface area contributed by atoms with E-state index in [2.05, 4.69) is 11.4 Å². The standard InChI is InChI=1S/C17H22N2O3/c20-9-8-19(14-5-6-14)17(22)3-1-2-12-4-7-15-13(10-12)11-16(21)18-15/h4,7,10,14,20H,1-3,5-6,8-9,11H2,(H,18,21). The summed E-state index contributed by atoms with van der Waals surface area (Å²) in [6.07, 6.45) is 4.74. The number of nitrogens with zero attached hydrogens (tertiary/aromatic N) is 1. The molecule has 3 rings (SSSR count). The minimum atomic E-state index is 0.0358. The molecule has 118 valence electrons. The number of anilines is 1. The van der Waals surface area contributed by atoms with Crippen LogP contribution in [0.4, 0.5) is 5.69 Å². The molecule has 1 aromatic rings. The minimum absolute atomic E-state index is 0.0358. The molecule has 0 saturated heterocycles. The van der Waals surface area contributed by atoms with Gasteiger partial charge in [-0.15, -0.1) is 0 Å². The molecular weight excluding hydrogens is 280 g/mol. The highest BCUT2D eigenvalue weighted by Gasteiger charge is 2.31. The first-order chi connectivity index (χ1) is 10.7. The van der Waals surface area contributed by atoms with Crippen molar-refractivity contribution < 1.29 is 14.7 Å². The molecule has 2 aliphatic rings. The number of aryl methyl sites for hydroxylation is 1. The second-order valence-electron chi connectivity index (χ2n) is 6.11. The van der Waals surface area contributed by atoms with E-state index in [1.54, 1.807) is 0 Å². The van der Waals surface area contributed by atoms with Gasteiger partial charge in [0.05, 0.1) is 13.0 Å². The maximum atomic E-state index is 12.2. The van der Waals surface area contributed by atoms with Gasteiger partial charge in [-0.05, 0) is 42.9 Å². The van der Waals surface area contributed by atoms with Gasteiger partial charge >= 0.3 is 0 Å². The molecule has 5 nitrogen and oxygen atoms in total. The van der Waals surface area contributed by atoms with E-state index < -0.39 is 0 Å². The third-order valence-electron chi connectivity index (χ3n) is 4.30. The Morgan fingerprint density at radius 3 is 2.91 bits per heavy atom. The van der Waals surface area contributed by atoms with Crippen LogP contribution < -0.4 is 5.32 Å². The largest absolute Gasteiger partial charge is 0.395 e. The summed E-state index contributed by atoms with van der Waals surface area (Å²) in [7, 11) is 0. The lowest BCUT2D eigenvalue weighted by atomic mass is 10.0. The van der Waals surface area contributed by atoms with Gasteiger partial charge in [-0.3, -0.25) is 9.59 Å². The first kappa shape index (κ1) is 15.0. The summed E-state index contributed by atoms with van der Waals surface area (Å²) in [5, 5.41) is 11.9. The third kappa shape index (κ3) is 3.47. The number of carbonyl (C=O) groups excluding carboxylic acids is 2. The van der Waals surface area contributed by atoms with E-state index in [4.69, 9.17) is 5.11 Å². The van der Waals surface area contributed by atoms with Crippen molar-refractivity contribution in [1.29, 1.82) is 0 Å². The van der Waals surface area contributed by atoms with E-state index in [0.717, 1.165) is 36.9 Å². The van der Waals surface area contributed by atoms with Crippen LogP contribution in [-0.2, 0) is 22.4 Å². The number of hydrogen-bond donors (Lipinski definition) is 2. The lowest BCUT2D eigenvalue weighted by Crippen LogP contribution is -2.35. The van der Waals surface area contributed by atoms with Gasteiger partial charge in [-0.1, -0.05) is 12.1 Å². The van der Waals surface area contributed by atoms with Gasteiger partial charge in [-0.25, -0.2) is 0 Å². The number of amides is 2. The number of rotatable bonds is 7. The number of carbonyl (C=O) groups is 2. The van der Waals surface area contributed by atoms with E-state index in [-0.39, 0.29) is 18.4 Å². The molecule has 1 aromatic carbocycles. The van der Waals surface area contributed by atoms with Gasteiger partial charge in [0.25, 0.3) is 0 Å². The predicted octanol–water partition coefficient (Wildman–Crippen LogP) is 1.49. The fourth-order valence-corrected chi connectivity index (χ4v) is 3.03. The Bertz CT molecular complexity index is 581. The van der Waals surface area contributed by atoms with Crippen molar-refractivity contribution in [3.05, 3.63) is 29.3 Å². The van der Waals surface area contributed by atoms with Gasteiger partial charge in [0.15, 0.2) is 0 Å². The number of benzene rings is 1. The van der Waals surface area contributed by atoms with Crippen LogP contribution in [0, 0.1) is 0 Å². The molecule has 1 fully saturated rings. The molecular formula is C17H22N2O3. The summed E-state index contributed by atoms with van der Waals surface area (Å²) in [5.74, 6) is 0.195. The first-order valence-corrected chi connectivity index (χ1v) is 7.99. The quantitative estimate of drug-likeness (QED) is 0.801. The summed E-state index contributed by atoms with van der Waals surface area (Å²) in [6.45, 7) is 0.490. The zero-order chi connectivity index (χ0) is 15.5. The topological polar surface area (TPSA) is 69.6 Å². The van der Waals surface area contributed by atoms with Crippen molar-refractivity contribution in [3.8, 4) is 0 Å². The number of hydrogen-bond acceptors (Lipinski definition) is 3. The Morgan fingerprint density at radius 1 is 1.36 bits per heavy atom. The monoisotopic (exact) mass is 302 g/mol. The maximum absolute atomic E-state index is 12.2. The van der Waals surface area contributed by atoms with Gasteiger partial charge in [0.2, 0.25) is 11.8 Å². The third-order valence-corrected chi connectivity index (χ3v) is 4.30. The Hall–Kier alpha value is -1.88. The molecule has 1 aliphatic heterocycles. The molecule has 0 unspecified atom stereocenters. The van der Waals surface area contributed by atoms with E-state index in [1.165, 1.54) is 5.56 Å². The molecule has 0 radical (unpaired) electrons. The highest BCUT2D eigenvalue weighted by Crippen LogP contribution is 2.28. The van der Waals surface area contributed by atoms with Crippen LogP contribution in [-0.4, -0.2) is 41.0 Å². The van der Waals surface area contributed by atoms with Crippen molar-refractivity contribution in [1.82, 2.24) is 4.90 Å². The van der Waals surface area contributed by atoms with E-state index >= 15 is 0 Å². The molecule has 0 atom stereocenters. The zero-order valence-corrected chi connectivity index (χ0v) is 12.7. The smallest absolute Gasteiger partial charge is 0.228 e. The molecule has 2 amide bonds. The minimum Gasteiger partial charge on any atom is -0.395 e. The van der Waals surface area contributed by atoms with Crippen molar-refractivity contribution >= 4 is 17.5 Å². The zero-order valence-electron chi connectivity index (χ0n) is 12.7. The summed E-state index contributed by atoms with van der Waals surface area (Å²) in [6, 6.07) is 6.38. The lowest BCUT2D eigenvalue weighted by Gasteiger charge is -2.21. The van der Waals surface area contributed by atoms with Crippen molar-refractivity contribution in [3.63, 3.8) is 0 Å². The normalized spacial score (nSPS) is 16.3. The van der Waals surface area contributed by atoms with Crippen LogP contribution in [0.2, 0.25) is 0 Å². The van der Waals surface area contributed by atoms with Crippen LogP contribution in [0.3, 0.4) is 0 Å². The van der Waals surface area contributed by atoms with Crippen LogP contribution in [0.25, 0.3) is 0 Å². The predicted molar refractivity (Wildman–Crippen MR) is 83.5 cm³/mol. The van der Waals surface area contributed by atoms with E-state index in [9.17, 15) is 9.59 Å². The molecule has 0 spiro atoms. The second kappa shape index (κ2) is 6.48. The molecule has 1 saturated carbocycles. The van der Waals surface area contributed by atoms with Gasteiger partial charge in [0.1, 0.15) is 0 Å². The summed E-state index contributed by atoms with van der Waals surface area (Å²) in [4.78, 5) is 25.4. The fraction of sp³-hybridized carbons (Fsp3) is 0.529. The number of aliphatic hydroxyl groups is 1. The van der Waals surface area contributed by atoms with Gasteiger partial charge in [0, 0.05) is 24.7 Å². The molecule has 1 heterocycles. The highest BCUT2D eigenvalue weighted by molar-refractivity contribution is 5.99. The Morgan fingerprint density at radius 2 is 2.18 bits per heavy atom. The van der Waals surface area contributed by atoms with Crippen LogP contribution >= 0.6 is 0 Å². The van der Waals surface area contributed by atoms with Gasteiger partial charge < -0.3 is 15.3 Å². The Labute approximate surface area is 130 Å². The summed E-state index contributed by atoms with van der Waals surface area (Å²) < 4.78 is 0. The van der Waals surface area contributed by atoms with Crippen LogP contribution in [0.5, 0.6) is 0 Å². The number of fused-ring (bicyclic) bond motifs is 1. The highest BCUT2D eigenvalue weighted by atomic mass is 16.3. The molecule has 0 bridgehead atoms. The number of aliphatic hydroxyl groups excluding tert-OH is 1. The van der Waals surface area contributed by atoms with Crippen molar-refractivity contribution in [2.75, 3.05) is 18.5 Å². The van der Waals surface area contributed by atoms with Crippen molar-refractivity contribution in [2.24, 2.45) is 0 Å². The molecule has 0 aromatic heterocycles. The number of nitrogens with one attached hydrogen (secondary N) is 1. The average Bonchev–Trinajstić information content (AvgIpc) is 3.25. The second-order valence-corrected chi connectivity index (χ2v) is 6.11. The average molecular weight is 302 g/mol. The summed E-state index contributed by atoms with van der Waals surface area (Å²) >= 11 is 0. The maximum Gasteiger partial charge on any atom is 0.228 e. The Kier molecular flexibility index (Phi) is 4.43. The molecule has 2 N–H and O–H groups in total. The van der Waals surface area contributed by atoms with Crippen LogP contribution in [0.1, 0.15) is 36.8 Å².